The molecule has 2 aliphatic heterocycles. The maximum Gasteiger partial charge on any atom is 0.246 e. The van der Waals surface area contributed by atoms with Crippen molar-refractivity contribution < 1.29 is 14.4 Å². The molecule has 6 rings (SSSR count). The van der Waals surface area contributed by atoms with Crippen LogP contribution >= 0.6 is 11.3 Å². The van der Waals surface area contributed by atoms with E-state index in [1.807, 2.05) is 88.9 Å². The summed E-state index contributed by atoms with van der Waals surface area (Å²) < 4.78 is 0. The zero-order valence-electron chi connectivity index (χ0n) is 24.4. The number of aryl methyl sites for hydroxylation is 2. The number of hydrogen-bond donors (Lipinski definition) is 1. The molecule has 1 aliphatic carbocycles. The van der Waals surface area contributed by atoms with Gasteiger partial charge in [-0.2, -0.15) is 0 Å². The van der Waals surface area contributed by atoms with Gasteiger partial charge in [-0.25, -0.2) is 0 Å². The Hall–Kier alpha value is -3.55. The van der Waals surface area contributed by atoms with Gasteiger partial charge < -0.3 is 15.1 Å². The predicted octanol–water partition coefficient (Wildman–Crippen LogP) is 5.47. The van der Waals surface area contributed by atoms with Gasteiger partial charge in [-0.15, -0.1) is 11.3 Å². The van der Waals surface area contributed by atoms with E-state index in [1.54, 1.807) is 11.3 Å². The van der Waals surface area contributed by atoms with Gasteiger partial charge in [0.1, 0.15) is 6.04 Å². The average molecular weight is 582 g/mol. The lowest BCUT2D eigenvalue weighted by molar-refractivity contribution is -0.149. The average Bonchev–Trinajstić information content (AvgIpc) is 3.56. The summed E-state index contributed by atoms with van der Waals surface area (Å²) in [4.78, 5) is 48.6. The fourth-order valence-corrected chi connectivity index (χ4v) is 7.91. The van der Waals surface area contributed by atoms with Crippen molar-refractivity contribution in [3.63, 3.8) is 0 Å². The fourth-order valence-electron chi connectivity index (χ4n) is 6.80. The Morgan fingerprint density at radius 2 is 1.60 bits per heavy atom. The first-order valence-corrected chi connectivity index (χ1v) is 16.0. The van der Waals surface area contributed by atoms with E-state index in [0.717, 1.165) is 53.9 Å². The highest BCUT2D eigenvalue weighted by molar-refractivity contribution is 7.10. The molecule has 0 spiro atoms. The SMILES string of the molecule is Cc1ccccc1C(=O)C1C(c2sccc2C)C(C(=O)N2CCNCC2)N(C(=O)C2CCC2)C1C=Cc1ccccc1. The highest BCUT2D eigenvalue weighted by Gasteiger charge is 2.58. The number of hydrogen-bond acceptors (Lipinski definition) is 5. The molecule has 6 nitrogen and oxygen atoms in total. The van der Waals surface area contributed by atoms with E-state index in [2.05, 4.69) is 18.3 Å². The summed E-state index contributed by atoms with van der Waals surface area (Å²) in [6.07, 6.45) is 6.72. The maximum atomic E-state index is 14.8. The van der Waals surface area contributed by atoms with E-state index in [1.165, 1.54) is 0 Å². The van der Waals surface area contributed by atoms with Crippen molar-refractivity contribution >= 4 is 35.0 Å². The molecule has 2 aromatic carbocycles. The number of rotatable bonds is 7. The number of carbonyl (C=O) groups is 3. The number of ketones is 1. The first kappa shape index (κ1) is 28.6. The van der Waals surface area contributed by atoms with Gasteiger partial charge in [-0.3, -0.25) is 14.4 Å². The number of nitrogens with one attached hydrogen (secondary N) is 1. The Morgan fingerprint density at radius 1 is 0.881 bits per heavy atom. The molecule has 2 saturated heterocycles. The van der Waals surface area contributed by atoms with Gasteiger partial charge in [-0.1, -0.05) is 73.2 Å². The second kappa shape index (κ2) is 12.4. The van der Waals surface area contributed by atoms with Crippen molar-refractivity contribution in [2.24, 2.45) is 11.8 Å². The Bertz CT molecular complexity index is 1470. The molecular formula is C35H39N3O3S. The van der Waals surface area contributed by atoms with Crippen molar-refractivity contribution in [3.8, 4) is 0 Å². The van der Waals surface area contributed by atoms with Gasteiger partial charge in [0.05, 0.1) is 12.0 Å². The van der Waals surface area contributed by atoms with Crippen molar-refractivity contribution in [2.75, 3.05) is 26.2 Å². The third kappa shape index (κ3) is 5.36. The molecule has 4 atom stereocenters. The molecule has 1 N–H and O–H groups in total. The lowest BCUT2D eigenvalue weighted by atomic mass is 9.78. The normalized spacial score (nSPS) is 24.6. The van der Waals surface area contributed by atoms with Gasteiger partial charge in [0.2, 0.25) is 11.8 Å². The molecule has 3 fully saturated rings. The number of nitrogens with zero attached hydrogens (tertiary/aromatic N) is 2. The van der Waals surface area contributed by atoms with Crippen LogP contribution in [0.1, 0.15) is 57.1 Å². The van der Waals surface area contributed by atoms with Gasteiger partial charge in [0, 0.05) is 48.5 Å². The summed E-state index contributed by atoms with van der Waals surface area (Å²) in [6.45, 7) is 6.65. The first-order chi connectivity index (χ1) is 20.5. The summed E-state index contributed by atoms with van der Waals surface area (Å²) in [7, 11) is 0. The Balaban J connectivity index is 1.55. The number of Topliss-reactive ketones (excluding diaryl/α,β-unsaturated/α-hetero) is 1. The van der Waals surface area contributed by atoms with E-state index in [9.17, 15) is 14.4 Å². The third-order valence-corrected chi connectivity index (χ3v) is 10.4. The fraction of sp³-hybridized carbons (Fsp3) is 0.400. The second-order valence-electron chi connectivity index (χ2n) is 11.9. The monoisotopic (exact) mass is 581 g/mol. The number of piperazine rings is 1. The van der Waals surface area contributed by atoms with Crippen LogP contribution in [0.5, 0.6) is 0 Å². The molecule has 3 aromatic rings. The lowest BCUT2D eigenvalue weighted by Gasteiger charge is -2.38. The van der Waals surface area contributed by atoms with Crippen LogP contribution in [0, 0.1) is 25.7 Å². The zero-order chi connectivity index (χ0) is 29.2. The minimum atomic E-state index is -0.739. The van der Waals surface area contributed by atoms with Gasteiger partial charge in [0.25, 0.3) is 0 Å². The number of carbonyl (C=O) groups excluding carboxylic acids is 3. The van der Waals surface area contributed by atoms with Crippen molar-refractivity contribution in [1.82, 2.24) is 15.1 Å². The van der Waals surface area contributed by atoms with Crippen LogP contribution in [0.3, 0.4) is 0 Å². The smallest absolute Gasteiger partial charge is 0.246 e. The van der Waals surface area contributed by atoms with Crippen molar-refractivity contribution in [2.45, 2.75) is 51.1 Å². The van der Waals surface area contributed by atoms with E-state index in [0.29, 0.717) is 18.7 Å². The minimum Gasteiger partial charge on any atom is -0.338 e. The minimum absolute atomic E-state index is 0.00404. The number of benzene rings is 2. The third-order valence-electron chi connectivity index (χ3n) is 9.31. The molecule has 42 heavy (non-hydrogen) atoms. The number of likely N-dealkylation sites (tertiary alicyclic amines) is 1. The Morgan fingerprint density at radius 3 is 2.24 bits per heavy atom. The summed E-state index contributed by atoms with van der Waals surface area (Å²) in [6, 6.07) is 18.4. The van der Waals surface area contributed by atoms with Gasteiger partial charge in [0.15, 0.2) is 5.78 Å². The quantitative estimate of drug-likeness (QED) is 0.376. The van der Waals surface area contributed by atoms with Crippen LogP contribution in [0.4, 0.5) is 0 Å². The molecule has 4 unspecified atom stereocenters. The number of amides is 2. The predicted molar refractivity (Wildman–Crippen MR) is 167 cm³/mol. The van der Waals surface area contributed by atoms with Crippen LogP contribution in [0.15, 0.2) is 72.1 Å². The molecule has 3 heterocycles. The van der Waals surface area contributed by atoms with Crippen molar-refractivity contribution in [1.29, 1.82) is 0 Å². The summed E-state index contributed by atoms with van der Waals surface area (Å²) in [5, 5.41) is 5.38. The Labute approximate surface area is 252 Å². The second-order valence-corrected chi connectivity index (χ2v) is 12.8. The molecule has 0 bridgehead atoms. The van der Waals surface area contributed by atoms with Crippen molar-refractivity contribution in [3.05, 3.63) is 99.3 Å². The standard InChI is InChI=1S/C35H39N3O3S/c1-23-9-6-7-14-27(23)32(39)29-28(16-15-25-10-4-3-5-11-25)38(34(40)26-12-8-13-26)31(30(29)33-24(2)17-22-42-33)35(41)37-20-18-36-19-21-37/h3-7,9-11,14-17,22,26,28-31,36H,8,12-13,18-21H2,1-2H3. The van der Waals surface area contributed by atoms with E-state index < -0.39 is 23.9 Å². The zero-order valence-corrected chi connectivity index (χ0v) is 25.2. The first-order valence-electron chi connectivity index (χ1n) is 15.1. The molecule has 3 aliphatic rings. The van der Waals surface area contributed by atoms with Gasteiger partial charge >= 0.3 is 0 Å². The van der Waals surface area contributed by atoms with Crippen LogP contribution in [-0.4, -0.2) is 65.7 Å². The van der Waals surface area contributed by atoms with Gasteiger partial charge in [-0.05, 0) is 54.8 Å². The largest absolute Gasteiger partial charge is 0.338 e. The summed E-state index contributed by atoms with van der Waals surface area (Å²) >= 11 is 1.60. The highest BCUT2D eigenvalue weighted by atomic mass is 32.1. The van der Waals surface area contributed by atoms with E-state index in [-0.39, 0.29) is 23.5 Å². The van der Waals surface area contributed by atoms with Crippen LogP contribution in [0.25, 0.3) is 6.08 Å². The molecule has 7 heteroatoms. The summed E-state index contributed by atoms with van der Waals surface area (Å²) in [5.41, 5.74) is 3.63. The molecule has 1 saturated carbocycles. The lowest BCUT2D eigenvalue weighted by Crippen LogP contribution is -2.56. The molecule has 0 radical (unpaired) electrons. The summed E-state index contributed by atoms with van der Waals surface area (Å²) in [5.74, 6) is -1.17. The maximum absolute atomic E-state index is 14.8. The molecule has 2 amide bonds. The van der Waals surface area contributed by atoms with Crippen LogP contribution in [0.2, 0.25) is 0 Å². The van der Waals surface area contributed by atoms with Crippen LogP contribution in [-0.2, 0) is 9.59 Å². The molecular weight excluding hydrogens is 542 g/mol. The molecule has 1 aromatic heterocycles. The highest BCUT2D eigenvalue weighted by Crippen LogP contribution is 2.49. The van der Waals surface area contributed by atoms with E-state index in [4.69, 9.17) is 0 Å². The topological polar surface area (TPSA) is 69.7 Å². The van der Waals surface area contributed by atoms with E-state index >= 15 is 0 Å². The number of thiophene rings is 1. The Kier molecular flexibility index (Phi) is 8.41. The molecule has 218 valence electrons. The van der Waals surface area contributed by atoms with Crippen LogP contribution < -0.4 is 5.32 Å².